The molecule has 20 heavy (non-hydrogen) atoms. The third-order valence-electron chi connectivity index (χ3n) is 2.82. The lowest BCUT2D eigenvalue weighted by Gasteiger charge is -2.16. The molecule has 0 radical (unpaired) electrons. The van der Waals surface area contributed by atoms with Crippen LogP contribution in [-0.2, 0) is 0 Å². The fraction of sp³-hybridized carbons (Fsp3) is 0.143. The van der Waals surface area contributed by atoms with E-state index in [4.69, 9.17) is 4.74 Å². The Labute approximate surface area is 131 Å². The molecule has 0 aliphatic rings. The zero-order valence-corrected chi connectivity index (χ0v) is 13.5. The predicted molar refractivity (Wildman–Crippen MR) is 78.8 cm³/mol. The monoisotopic (exact) mass is 406 g/mol. The van der Waals surface area contributed by atoms with Gasteiger partial charge in [0.1, 0.15) is 23.5 Å². The molecule has 2 aromatic carbocycles. The van der Waals surface area contributed by atoms with Crippen LogP contribution in [-0.4, -0.2) is 12.2 Å². The molecule has 106 valence electrons. The first kappa shape index (κ1) is 15.4. The van der Waals surface area contributed by atoms with Crippen LogP contribution >= 0.6 is 31.9 Å². The Morgan fingerprint density at radius 1 is 1.10 bits per heavy atom. The first-order valence-electron chi connectivity index (χ1n) is 5.60. The van der Waals surface area contributed by atoms with Crippen molar-refractivity contribution in [2.24, 2.45) is 0 Å². The minimum absolute atomic E-state index is 0.0609. The minimum atomic E-state index is -1.41. The summed E-state index contributed by atoms with van der Waals surface area (Å²) in [6, 6.07) is 7.03. The lowest BCUT2D eigenvalue weighted by Crippen LogP contribution is -2.07. The van der Waals surface area contributed by atoms with Crippen LogP contribution in [0.3, 0.4) is 0 Å². The number of aliphatic hydroxyl groups is 1. The van der Waals surface area contributed by atoms with Crippen molar-refractivity contribution in [2.75, 3.05) is 7.11 Å². The number of hydrogen-bond acceptors (Lipinski definition) is 2. The topological polar surface area (TPSA) is 29.5 Å². The average molecular weight is 408 g/mol. The van der Waals surface area contributed by atoms with E-state index in [2.05, 4.69) is 31.9 Å². The van der Waals surface area contributed by atoms with Gasteiger partial charge in [0.25, 0.3) is 0 Å². The molecule has 1 unspecified atom stereocenters. The summed E-state index contributed by atoms with van der Waals surface area (Å²) in [5, 5.41) is 10.2. The van der Waals surface area contributed by atoms with E-state index in [1.807, 2.05) is 0 Å². The van der Waals surface area contributed by atoms with E-state index in [0.717, 1.165) is 16.6 Å². The van der Waals surface area contributed by atoms with Crippen LogP contribution in [0.2, 0.25) is 0 Å². The highest BCUT2D eigenvalue weighted by Crippen LogP contribution is 2.34. The first-order valence-corrected chi connectivity index (χ1v) is 7.18. The van der Waals surface area contributed by atoms with Gasteiger partial charge in [-0.15, -0.1) is 0 Å². The van der Waals surface area contributed by atoms with Crippen LogP contribution in [0.1, 0.15) is 17.2 Å². The molecule has 2 aromatic rings. The van der Waals surface area contributed by atoms with Gasteiger partial charge in [-0.3, -0.25) is 0 Å². The molecule has 2 rings (SSSR count). The fourth-order valence-electron chi connectivity index (χ4n) is 1.82. The minimum Gasteiger partial charge on any atom is -0.497 e. The molecule has 0 saturated heterocycles. The molecule has 0 amide bonds. The van der Waals surface area contributed by atoms with Crippen molar-refractivity contribution in [3.63, 3.8) is 0 Å². The first-order chi connectivity index (χ1) is 9.43. The highest BCUT2D eigenvalue weighted by molar-refractivity contribution is 9.11. The number of methoxy groups -OCH3 is 1. The molecule has 0 fully saturated rings. The molecule has 0 bridgehead atoms. The van der Waals surface area contributed by atoms with Crippen molar-refractivity contribution in [3.05, 3.63) is 62.0 Å². The third-order valence-corrected chi connectivity index (χ3v) is 4.00. The molecule has 0 heterocycles. The van der Waals surface area contributed by atoms with Crippen molar-refractivity contribution < 1.29 is 18.6 Å². The van der Waals surface area contributed by atoms with E-state index >= 15 is 0 Å². The normalized spacial score (nSPS) is 12.3. The number of benzene rings is 2. The summed E-state index contributed by atoms with van der Waals surface area (Å²) in [7, 11) is 1.32. The molecule has 0 spiro atoms. The van der Waals surface area contributed by atoms with Crippen molar-refractivity contribution in [3.8, 4) is 5.75 Å². The predicted octanol–water partition coefficient (Wildman–Crippen LogP) is 4.58. The summed E-state index contributed by atoms with van der Waals surface area (Å²) in [6.45, 7) is 0. The average Bonchev–Trinajstić information content (AvgIpc) is 2.37. The Morgan fingerprint density at radius 2 is 1.70 bits per heavy atom. The van der Waals surface area contributed by atoms with E-state index in [0.29, 0.717) is 10.0 Å². The van der Waals surface area contributed by atoms with Crippen molar-refractivity contribution >= 4 is 31.9 Å². The molecule has 0 saturated carbocycles. The quantitative estimate of drug-likeness (QED) is 0.806. The molecular formula is C14H10Br2F2O2. The van der Waals surface area contributed by atoms with Crippen LogP contribution < -0.4 is 4.74 Å². The maximum Gasteiger partial charge on any atom is 0.135 e. The second-order valence-electron chi connectivity index (χ2n) is 4.07. The Morgan fingerprint density at radius 3 is 2.20 bits per heavy atom. The van der Waals surface area contributed by atoms with Crippen LogP contribution in [0.25, 0.3) is 0 Å². The summed E-state index contributed by atoms with van der Waals surface area (Å²) in [6.07, 6.45) is -1.41. The second kappa shape index (κ2) is 6.20. The van der Waals surface area contributed by atoms with Gasteiger partial charge in [-0.25, -0.2) is 8.78 Å². The molecule has 2 nitrogen and oxygen atoms in total. The highest BCUT2D eigenvalue weighted by atomic mass is 79.9. The maximum absolute atomic E-state index is 13.9. The van der Waals surface area contributed by atoms with E-state index in [9.17, 15) is 13.9 Å². The molecule has 6 heteroatoms. The lowest BCUT2D eigenvalue weighted by molar-refractivity contribution is 0.208. The van der Waals surface area contributed by atoms with Crippen molar-refractivity contribution in [1.29, 1.82) is 0 Å². The number of hydrogen-bond donors (Lipinski definition) is 1. The zero-order valence-electron chi connectivity index (χ0n) is 10.3. The van der Waals surface area contributed by atoms with Gasteiger partial charge in [0.15, 0.2) is 0 Å². The van der Waals surface area contributed by atoms with Crippen LogP contribution in [0.4, 0.5) is 8.78 Å². The van der Waals surface area contributed by atoms with E-state index in [1.54, 1.807) is 18.2 Å². The van der Waals surface area contributed by atoms with Crippen LogP contribution in [0, 0.1) is 11.6 Å². The molecular weight excluding hydrogens is 398 g/mol. The van der Waals surface area contributed by atoms with Gasteiger partial charge < -0.3 is 9.84 Å². The number of aliphatic hydroxyl groups excluding tert-OH is 1. The number of halogens is 4. The summed E-state index contributed by atoms with van der Waals surface area (Å²) in [4.78, 5) is 0. The largest absolute Gasteiger partial charge is 0.497 e. The summed E-state index contributed by atoms with van der Waals surface area (Å²) < 4.78 is 34.0. The van der Waals surface area contributed by atoms with Crippen molar-refractivity contribution in [1.82, 2.24) is 0 Å². The highest BCUT2D eigenvalue weighted by Gasteiger charge is 2.22. The van der Waals surface area contributed by atoms with Gasteiger partial charge in [0.2, 0.25) is 0 Å². The van der Waals surface area contributed by atoms with Gasteiger partial charge in [-0.05, 0) is 17.7 Å². The Hall–Kier alpha value is -0.980. The lowest BCUT2D eigenvalue weighted by atomic mass is 10.0. The Balaban J connectivity index is 2.50. The molecule has 0 aliphatic heterocycles. The SMILES string of the molecule is COc1cc(F)c(C(O)c2ccc(Br)cc2Br)c(F)c1. The number of ether oxygens (including phenoxy) is 1. The maximum atomic E-state index is 13.9. The van der Waals surface area contributed by atoms with E-state index < -0.39 is 23.3 Å². The molecule has 1 atom stereocenters. The summed E-state index contributed by atoms with van der Waals surface area (Å²) in [5.74, 6) is -1.65. The van der Waals surface area contributed by atoms with Gasteiger partial charge in [0, 0.05) is 21.1 Å². The summed E-state index contributed by atoms with van der Waals surface area (Å²) in [5.41, 5.74) is -0.0370. The van der Waals surface area contributed by atoms with Crippen LogP contribution in [0.5, 0.6) is 5.75 Å². The fourth-order valence-corrected chi connectivity index (χ4v) is 3.08. The molecule has 0 aliphatic carbocycles. The second-order valence-corrected chi connectivity index (χ2v) is 5.84. The number of rotatable bonds is 3. The van der Waals surface area contributed by atoms with Gasteiger partial charge in [-0.2, -0.15) is 0 Å². The van der Waals surface area contributed by atoms with Gasteiger partial charge >= 0.3 is 0 Å². The van der Waals surface area contributed by atoms with Gasteiger partial charge in [0.05, 0.1) is 12.7 Å². The smallest absolute Gasteiger partial charge is 0.135 e. The van der Waals surface area contributed by atoms with Crippen LogP contribution in [0.15, 0.2) is 39.3 Å². The standard InChI is InChI=1S/C14H10Br2F2O2/c1-20-8-5-11(17)13(12(18)6-8)14(19)9-3-2-7(15)4-10(9)16/h2-6,14,19H,1H3. The molecule has 1 N–H and O–H groups in total. The zero-order chi connectivity index (χ0) is 14.9. The van der Waals surface area contributed by atoms with E-state index in [-0.39, 0.29) is 5.75 Å². The molecule has 0 aromatic heterocycles. The Kier molecular flexibility index (Phi) is 4.78. The van der Waals surface area contributed by atoms with E-state index in [1.165, 1.54) is 7.11 Å². The Bertz CT molecular complexity index is 624. The van der Waals surface area contributed by atoms with Gasteiger partial charge in [-0.1, -0.05) is 37.9 Å². The van der Waals surface area contributed by atoms with Crippen molar-refractivity contribution in [2.45, 2.75) is 6.10 Å². The summed E-state index contributed by atoms with van der Waals surface area (Å²) >= 11 is 6.54. The third kappa shape index (κ3) is 3.02.